The zero-order chi connectivity index (χ0) is 35.2. The SMILES string of the molecule is CC(OC(F)(F)F)C(=O)Cc1c(F)ccc(NC(=O)c2cc(NC(=O)[C@H]3[C@H](c4ccc(F)c(C(F)(F)F)c4)C3(Cl)Cl)ccc2Cl)c1F. The highest BCUT2D eigenvalue weighted by atomic mass is 35.5. The van der Waals surface area contributed by atoms with Crippen LogP contribution in [0.5, 0.6) is 0 Å². The first-order valence-electron chi connectivity index (χ1n) is 13.0. The highest BCUT2D eigenvalue weighted by Crippen LogP contribution is 2.65. The monoisotopic (exact) mass is 734 g/mol. The number of alkyl halides is 8. The number of ether oxygens (including phenoxy) is 1. The van der Waals surface area contributed by atoms with Crippen LogP contribution in [0.1, 0.15) is 39.9 Å². The summed E-state index contributed by atoms with van der Waals surface area (Å²) >= 11 is 18.5. The Hall–Kier alpha value is -3.53. The molecular formula is C29H18Cl3F9N2O4. The van der Waals surface area contributed by atoms with E-state index >= 15 is 4.39 Å². The topological polar surface area (TPSA) is 84.5 Å². The molecule has 3 aromatic carbocycles. The van der Waals surface area contributed by atoms with E-state index in [0.717, 1.165) is 31.2 Å². The lowest BCUT2D eigenvalue weighted by Gasteiger charge is -2.16. The maximum Gasteiger partial charge on any atom is 0.523 e. The fourth-order valence-electron chi connectivity index (χ4n) is 4.65. The summed E-state index contributed by atoms with van der Waals surface area (Å²) in [6, 6.07) is 6.89. The van der Waals surface area contributed by atoms with Gasteiger partial charge in [-0.05, 0) is 55.0 Å². The molecule has 252 valence electrons. The smallest absolute Gasteiger partial charge is 0.326 e. The molecule has 1 unspecified atom stereocenters. The number of hydrogen-bond acceptors (Lipinski definition) is 4. The molecule has 1 saturated carbocycles. The average molecular weight is 736 g/mol. The van der Waals surface area contributed by atoms with E-state index in [4.69, 9.17) is 34.8 Å². The number of halogens is 12. The van der Waals surface area contributed by atoms with Crippen molar-refractivity contribution in [2.75, 3.05) is 10.6 Å². The molecule has 1 aliphatic carbocycles. The van der Waals surface area contributed by atoms with Crippen LogP contribution in [0.25, 0.3) is 0 Å². The van der Waals surface area contributed by atoms with Gasteiger partial charge in [0.15, 0.2) is 11.6 Å². The standard InChI is InChI=1S/C29H18Cl3F9N2O4/c1-11(47-29(39,40)41)21(44)10-15-18(33)6-7-20(24(15)35)43-25(45)14-9-13(3-4-17(14)30)42-26(46)23-22(27(23,31)32)12-2-5-19(34)16(8-12)28(36,37)38/h2-9,11,22-23H,10H2,1H3,(H,42,46)(H,43,45)/t11?,22-,23+/m0/s1. The number of amides is 2. The molecular weight excluding hydrogens is 718 g/mol. The molecule has 2 N–H and O–H groups in total. The minimum absolute atomic E-state index is 0.0982. The molecule has 18 heteroatoms. The Bertz CT molecular complexity index is 1750. The first-order chi connectivity index (χ1) is 21.6. The third-order valence-corrected chi connectivity index (χ3v) is 8.29. The van der Waals surface area contributed by atoms with Gasteiger partial charge in [-0.3, -0.25) is 19.1 Å². The van der Waals surface area contributed by atoms with E-state index in [1.54, 1.807) is 0 Å². The van der Waals surface area contributed by atoms with E-state index in [2.05, 4.69) is 15.4 Å². The van der Waals surface area contributed by atoms with Crippen molar-refractivity contribution in [1.29, 1.82) is 0 Å². The molecule has 0 heterocycles. The highest BCUT2D eigenvalue weighted by molar-refractivity contribution is 6.53. The van der Waals surface area contributed by atoms with E-state index in [-0.39, 0.29) is 21.8 Å². The lowest BCUT2D eigenvalue weighted by atomic mass is 10.0. The Labute approximate surface area is 274 Å². The van der Waals surface area contributed by atoms with Crippen LogP contribution in [-0.4, -0.2) is 34.4 Å². The number of anilines is 2. The fourth-order valence-corrected chi connectivity index (χ4v) is 5.68. The van der Waals surface area contributed by atoms with Crippen molar-refractivity contribution in [2.45, 2.75) is 42.2 Å². The van der Waals surface area contributed by atoms with Gasteiger partial charge < -0.3 is 10.6 Å². The number of carbonyl (C=O) groups excluding carboxylic acids is 3. The second kappa shape index (κ2) is 13.2. The van der Waals surface area contributed by atoms with E-state index < -0.39 is 93.1 Å². The van der Waals surface area contributed by atoms with Gasteiger partial charge in [0.1, 0.15) is 22.1 Å². The molecule has 3 atom stereocenters. The van der Waals surface area contributed by atoms with Gasteiger partial charge in [0.25, 0.3) is 5.91 Å². The third kappa shape index (κ3) is 8.13. The Morgan fingerprint density at radius 1 is 0.915 bits per heavy atom. The maximum absolute atomic E-state index is 15.1. The van der Waals surface area contributed by atoms with Crippen molar-refractivity contribution in [3.63, 3.8) is 0 Å². The van der Waals surface area contributed by atoms with Crippen LogP contribution in [0.15, 0.2) is 48.5 Å². The molecule has 0 spiro atoms. The van der Waals surface area contributed by atoms with E-state index in [0.29, 0.717) is 18.2 Å². The zero-order valence-electron chi connectivity index (χ0n) is 23.2. The average Bonchev–Trinajstić information content (AvgIpc) is 3.53. The Kier molecular flexibility index (Phi) is 10.2. The second-order valence-electron chi connectivity index (χ2n) is 10.2. The maximum atomic E-state index is 15.1. The molecule has 1 fully saturated rings. The summed E-state index contributed by atoms with van der Waals surface area (Å²) in [4.78, 5) is 38.1. The van der Waals surface area contributed by atoms with Crippen LogP contribution < -0.4 is 10.6 Å². The van der Waals surface area contributed by atoms with Crippen molar-refractivity contribution in [3.8, 4) is 0 Å². The van der Waals surface area contributed by atoms with Gasteiger partial charge in [-0.1, -0.05) is 17.7 Å². The number of ketones is 1. The number of benzene rings is 3. The first-order valence-corrected chi connectivity index (χ1v) is 14.2. The van der Waals surface area contributed by atoms with Crippen LogP contribution in [0, 0.1) is 23.4 Å². The first kappa shape index (κ1) is 36.3. The molecule has 47 heavy (non-hydrogen) atoms. The molecule has 2 amide bonds. The number of hydrogen-bond donors (Lipinski definition) is 2. The van der Waals surface area contributed by atoms with Crippen LogP contribution in [0.3, 0.4) is 0 Å². The van der Waals surface area contributed by atoms with Crippen molar-refractivity contribution in [3.05, 3.63) is 93.3 Å². The Morgan fingerprint density at radius 3 is 2.17 bits per heavy atom. The predicted molar refractivity (Wildman–Crippen MR) is 152 cm³/mol. The molecule has 6 nitrogen and oxygen atoms in total. The summed E-state index contributed by atoms with van der Waals surface area (Å²) in [7, 11) is 0. The van der Waals surface area contributed by atoms with Crippen molar-refractivity contribution >= 4 is 63.8 Å². The van der Waals surface area contributed by atoms with Crippen molar-refractivity contribution < 1.29 is 58.6 Å². The van der Waals surface area contributed by atoms with Gasteiger partial charge in [-0.2, -0.15) is 13.2 Å². The van der Waals surface area contributed by atoms with Crippen LogP contribution >= 0.6 is 34.8 Å². The fraction of sp³-hybridized carbons (Fsp3) is 0.276. The molecule has 0 radical (unpaired) electrons. The summed E-state index contributed by atoms with van der Waals surface area (Å²) in [5.74, 6) is -10.1. The predicted octanol–water partition coefficient (Wildman–Crippen LogP) is 8.59. The minimum Gasteiger partial charge on any atom is -0.326 e. The zero-order valence-corrected chi connectivity index (χ0v) is 25.5. The van der Waals surface area contributed by atoms with E-state index in [9.17, 15) is 49.5 Å². The lowest BCUT2D eigenvalue weighted by Crippen LogP contribution is -2.30. The quantitative estimate of drug-likeness (QED) is 0.170. The van der Waals surface area contributed by atoms with E-state index in [1.807, 2.05) is 0 Å². The van der Waals surface area contributed by atoms with Gasteiger partial charge in [0, 0.05) is 23.6 Å². The third-order valence-electron chi connectivity index (χ3n) is 7.02. The highest BCUT2D eigenvalue weighted by Gasteiger charge is 2.67. The number of nitrogens with one attached hydrogen (secondary N) is 2. The largest absolute Gasteiger partial charge is 0.523 e. The molecule has 4 rings (SSSR count). The molecule has 0 aromatic heterocycles. The summed E-state index contributed by atoms with van der Waals surface area (Å²) < 4.78 is 122. The molecule has 0 bridgehead atoms. The summed E-state index contributed by atoms with van der Waals surface area (Å²) in [6.07, 6.45) is -13.5. The van der Waals surface area contributed by atoms with E-state index in [1.165, 1.54) is 6.07 Å². The number of Topliss-reactive ketones (excluding diaryl/α,β-unsaturated/α-hetero) is 1. The van der Waals surface area contributed by atoms with Gasteiger partial charge >= 0.3 is 12.5 Å². The Balaban J connectivity index is 1.50. The van der Waals surface area contributed by atoms with Crippen LogP contribution in [0.4, 0.5) is 50.9 Å². The second-order valence-corrected chi connectivity index (χ2v) is 12.1. The van der Waals surface area contributed by atoms with Gasteiger partial charge in [-0.25, -0.2) is 13.2 Å². The lowest BCUT2D eigenvalue weighted by molar-refractivity contribution is -0.335. The minimum atomic E-state index is -5.18. The normalized spacial score (nSPS) is 18.0. The summed E-state index contributed by atoms with van der Waals surface area (Å²) in [5, 5.41) is 4.25. The van der Waals surface area contributed by atoms with Crippen LogP contribution in [-0.2, 0) is 26.9 Å². The Morgan fingerprint density at radius 2 is 1.55 bits per heavy atom. The summed E-state index contributed by atoms with van der Waals surface area (Å²) in [6.45, 7) is 0.737. The van der Waals surface area contributed by atoms with Gasteiger partial charge in [0.2, 0.25) is 5.91 Å². The summed E-state index contributed by atoms with van der Waals surface area (Å²) in [5.41, 5.74) is -3.85. The van der Waals surface area contributed by atoms with Crippen LogP contribution in [0.2, 0.25) is 5.02 Å². The van der Waals surface area contributed by atoms with Gasteiger partial charge in [0.05, 0.1) is 27.8 Å². The molecule has 0 saturated heterocycles. The molecule has 1 aliphatic rings. The number of rotatable bonds is 9. The number of carbonyl (C=O) groups is 3. The van der Waals surface area contributed by atoms with Gasteiger partial charge in [-0.15, -0.1) is 36.4 Å². The van der Waals surface area contributed by atoms with Crippen molar-refractivity contribution in [2.24, 2.45) is 5.92 Å². The van der Waals surface area contributed by atoms with Crippen molar-refractivity contribution in [1.82, 2.24) is 0 Å². The molecule has 0 aliphatic heterocycles. The molecule has 3 aromatic rings.